The zero-order chi connectivity index (χ0) is 18.1. The average Bonchev–Trinajstić information content (AvgIpc) is 3.00. The molecule has 4 rings (SSSR count). The van der Waals surface area contributed by atoms with Gasteiger partial charge in [-0.05, 0) is 68.0 Å². The fourth-order valence-corrected chi connectivity index (χ4v) is 3.88. The maximum Gasteiger partial charge on any atom is 0.223 e. The van der Waals surface area contributed by atoms with Gasteiger partial charge in [-0.15, -0.1) is 0 Å². The molecule has 3 aromatic rings. The highest BCUT2D eigenvalue weighted by Crippen LogP contribution is 2.32. The van der Waals surface area contributed by atoms with E-state index in [4.69, 9.17) is 0 Å². The van der Waals surface area contributed by atoms with E-state index in [0.717, 1.165) is 36.8 Å². The molecule has 1 aliphatic carbocycles. The maximum atomic E-state index is 12.9. The summed E-state index contributed by atoms with van der Waals surface area (Å²) in [5.41, 5.74) is 6.02. The number of benzene rings is 2. The number of nitrogens with one attached hydrogen (secondary N) is 2. The lowest BCUT2D eigenvalue weighted by Gasteiger charge is -2.22. The third kappa shape index (κ3) is 3.36. The van der Waals surface area contributed by atoms with Gasteiger partial charge in [0.25, 0.3) is 0 Å². The Morgan fingerprint density at radius 3 is 2.85 bits per heavy atom. The van der Waals surface area contributed by atoms with Gasteiger partial charge in [-0.2, -0.15) is 0 Å². The molecule has 0 fully saturated rings. The largest absolute Gasteiger partial charge is 0.358 e. The number of aromatic amines is 1. The number of carbonyl (C=O) groups is 1. The molecule has 1 aliphatic rings. The number of fused-ring (bicyclic) bond motifs is 3. The Kier molecular flexibility index (Phi) is 4.49. The summed E-state index contributed by atoms with van der Waals surface area (Å²) < 4.78 is 12.9. The highest BCUT2D eigenvalue weighted by molar-refractivity contribution is 5.87. The average molecular weight is 350 g/mol. The first-order chi connectivity index (χ1) is 12.6. The number of amides is 1. The van der Waals surface area contributed by atoms with Crippen molar-refractivity contribution in [3.8, 4) is 0 Å². The maximum absolute atomic E-state index is 12.9. The lowest BCUT2D eigenvalue weighted by molar-refractivity contribution is -0.125. The fourth-order valence-electron chi connectivity index (χ4n) is 3.88. The van der Waals surface area contributed by atoms with Crippen LogP contribution in [0.1, 0.15) is 28.8 Å². The van der Waals surface area contributed by atoms with Crippen LogP contribution in [-0.4, -0.2) is 17.4 Å². The van der Waals surface area contributed by atoms with Gasteiger partial charge < -0.3 is 10.3 Å². The molecular formula is C22H23FN2O. The molecule has 0 spiro atoms. The Balaban J connectivity index is 1.40. The molecule has 1 aromatic heterocycles. The zero-order valence-corrected chi connectivity index (χ0v) is 14.9. The first-order valence-corrected chi connectivity index (χ1v) is 9.22. The van der Waals surface area contributed by atoms with E-state index in [1.807, 2.05) is 0 Å². The highest BCUT2D eigenvalue weighted by atomic mass is 19.1. The summed E-state index contributed by atoms with van der Waals surface area (Å²) in [5.74, 6) is -0.0836. The summed E-state index contributed by atoms with van der Waals surface area (Å²) >= 11 is 0. The van der Waals surface area contributed by atoms with Gasteiger partial charge in [0.2, 0.25) is 5.91 Å². The van der Waals surface area contributed by atoms with Crippen molar-refractivity contribution >= 4 is 16.8 Å². The van der Waals surface area contributed by atoms with Crippen LogP contribution >= 0.6 is 0 Å². The molecule has 26 heavy (non-hydrogen) atoms. The van der Waals surface area contributed by atoms with E-state index < -0.39 is 0 Å². The lowest BCUT2D eigenvalue weighted by atomic mass is 9.85. The van der Waals surface area contributed by atoms with Gasteiger partial charge in [0.15, 0.2) is 0 Å². The quantitative estimate of drug-likeness (QED) is 0.732. The highest BCUT2D eigenvalue weighted by Gasteiger charge is 2.27. The second-order valence-electron chi connectivity index (χ2n) is 7.24. The summed E-state index contributed by atoms with van der Waals surface area (Å²) in [4.78, 5) is 16.1. The summed E-state index contributed by atoms with van der Waals surface area (Å²) in [5, 5.41) is 4.31. The first kappa shape index (κ1) is 16.8. The minimum Gasteiger partial charge on any atom is -0.358 e. The third-order valence-electron chi connectivity index (χ3n) is 5.34. The molecule has 1 heterocycles. The molecule has 1 unspecified atom stereocenters. The molecule has 0 saturated heterocycles. The lowest BCUT2D eigenvalue weighted by Crippen LogP contribution is -2.35. The molecule has 0 bridgehead atoms. The van der Waals surface area contributed by atoms with Crippen LogP contribution in [0.3, 0.4) is 0 Å². The molecule has 1 atom stereocenters. The Morgan fingerprint density at radius 2 is 2.04 bits per heavy atom. The van der Waals surface area contributed by atoms with E-state index in [1.165, 1.54) is 34.3 Å². The first-order valence-electron chi connectivity index (χ1n) is 9.22. The van der Waals surface area contributed by atoms with Gasteiger partial charge in [-0.1, -0.05) is 23.8 Å². The van der Waals surface area contributed by atoms with Gasteiger partial charge in [-0.3, -0.25) is 4.79 Å². The Morgan fingerprint density at radius 1 is 1.23 bits per heavy atom. The number of H-pyrrole nitrogens is 1. The fraction of sp³-hybridized carbons (Fsp3) is 0.318. The topological polar surface area (TPSA) is 44.9 Å². The van der Waals surface area contributed by atoms with Crippen LogP contribution in [0.15, 0.2) is 42.5 Å². The Labute approximate surface area is 152 Å². The minimum absolute atomic E-state index is 0.0234. The summed E-state index contributed by atoms with van der Waals surface area (Å²) in [6.07, 6.45) is 3.30. The number of rotatable bonds is 4. The van der Waals surface area contributed by atoms with E-state index in [2.05, 4.69) is 35.4 Å². The normalized spacial score (nSPS) is 16.5. The number of hydrogen-bond acceptors (Lipinski definition) is 1. The van der Waals surface area contributed by atoms with E-state index in [-0.39, 0.29) is 17.6 Å². The van der Waals surface area contributed by atoms with Gasteiger partial charge in [-0.25, -0.2) is 4.39 Å². The Hall–Kier alpha value is -2.62. The molecule has 0 aliphatic heterocycles. The number of aromatic nitrogens is 1. The molecule has 134 valence electrons. The van der Waals surface area contributed by atoms with Gasteiger partial charge in [0, 0.05) is 29.1 Å². The van der Waals surface area contributed by atoms with E-state index in [0.29, 0.717) is 6.54 Å². The molecular weight excluding hydrogens is 327 g/mol. The van der Waals surface area contributed by atoms with Crippen molar-refractivity contribution in [2.24, 2.45) is 5.92 Å². The number of hydrogen-bond donors (Lipinski definition) is 2. The SMILES string of the molecule is Cc1ccc2[nH]c3c(c2c1)CC(C(=O)NCCc1ccc(F)cc1)CC3. The van der Waals surface area contributed by atoms with Gasteiger partial charge >= 0.3 is 0 Å². The van der Waals surface area contributed by atoms with Gasteiger partial charge in [0.1, 0.15) is 5.82 Å². The van der Waals surface area contributed by atoms with Crippen LogP contribution in [0, 0.1) is 18.7 Å². The predicted molar refractivity (Wildman–Crippen MR) is 102 cm³/mol. The summed E-state index contributed by atoms with van der Waals surface area (Å²) in [6, 6.07) is 12.9. The van der Waals surface area contributed by atoms with Crippen molar-refractivity contribution in [1.29, 1.82) is 0 Å². The number of carbonyl (C=O) groups excluding carboxylic acids is 1. The van der Waals surface area contributed by atoms with Crippen LogP contribution in [0.2, 0.25) is 0 Å². The predicted octanol–water partition coefficient (Wildman–Crippen LogP) is 4.08. The van der Waals surface area contributed by atoms with E-state index in [1.54, 1.807) is 12.1 Å². The van der Waals surface area contributed by atoms with Gasteiger partial charge in [0.05, 0.1) is 0 Å². The molecule has 1 amide bonds. The van der Waals surface area contributed by atoms with Crippen LogP contribution < -0.4 is 5.32 Å². The standard InChI is InChI=1S/C22H23FN2O/c1-14-2-8-20-18(12-14)19-13-16(5-9-21(19)25-20)22(26)24-11-10-15-3-6-17(23)7-4-15/h2-4,6-8,12,16,25H,5,9-11,13H2,1H3,(H,24,26). The van der Waals surface area contributed by atoms with Crippen molar-refractivity contribution in [1.82, 2.24) is 10.3 Å². The number of aryl methyl sites for hydroxylation is 2. The Bertz CT molecular complexity index is 943. The molecule has 2 N–H and O–H groups in total. The molecule has 2 aromatic carbocycles. The van der Waals surface area contributed by atoms with Crippen molar-refractivity contribution in [3.05, 3.63) is 70.7 Å². The smallest absolute Gasteiger partial charge is 0.223 e. The van der Waals surface area contributed by atoms with E-state index >= 15 is 0 Å². The molecule has 4 heteroatoms. The van der Waals surface area contributed by atoms with Crippen molar-refractivity contribution < 1.29 is 9.18 Å². The molecule has 0 saturated carbocycles. The second kappa shape index (κ2) is 6.94. The summed E-state index contributed by atoms with van der Waals surface area (Å²) in [7, 11) is 0. The van der Waals surface area contributed by atoms with Crippen molar-refractivity contribution in [2.75, 3.05) is 6.54 Å². The van der Waals surface area contributed by atoms with Crippen LogP contribution in [0.4, 0.5) is 4.39 Å². The van der Waals surface area contributed by atoms with Crippen LogP contribution in [0.25, 0.3) is 10.9 Å². The minimum atomic E-state index is -0.232. The third-order valence-corrected chi connectivity index (χ3v) is 5.34. The van der Waals surface area contributed by atoms with E-state index in [9.17, 15) is 9.18 Å². The van der Waals surface area contributed by atoms with Crippen molar-refractivity contribution in [3.63, 3.8) is 0 Å². The monoisotopic (exact) mass is 350 g/mol. The number of halogens is 1. The van der Waals surface area contributed by atoms with Crippen LogP contribution in [0.5, 0.6) is 0 Å². The summed E-state index contributed by atoms with van der Waals surface area (Å²) in [6.45, 7) is 2.68. The molecule has 0 radical (unpaired) electrons. The zero-order valence-electron chi connectivity index (χ0n) is 14.9. The second-order valence-corrected chi connectivity index (χ2v) is 7.24. The molecule has 3 nitrogen and oxygen atoms in total. The van der Waals surface area contributed by atoms with Crippen LogP contribution in [-0.2, 0) is 24.1 Å². The van der Waals surface area contributed by atoms with Crippen molar-refractivity contribution in [2.45, 2.75) is 32.6 Å².